The van der Waals surface area contributed by atoms with Gasteiger partial charge in [-0.1, -0.05) is 91.0 Å². The smallest absolute Gasteiger partial charge is 0.414 e. The number of benzene rings is 3. The minimum atomic E-state index is -0.981. The molecule has 4 bridgehead atoms. The molecule has 2 unspecified atom stereocenters. The Labute approximate surface area is 357 Å². The second-order valence-electron chi connectivity index (χ2n) is 17.5. The topological polar surface area (TPSA) is 195 Å². The number of nitrogens with zero attached hydrogens (tertiary/aromatic N) is 1. The van der Waals surface area contributed by atoms with Crippen LogP contribution in [0.1, 0.15) is 88.8 Å². The molecule has 0 radical (unpaired) electrons. The molecule has 5 atom stereocenters. The maximum Gasteiger partial charge on any atom is 0.414 e. The molecule has 15 heteroatoms. The van der Waals surface area contributed by atoms with E-state index < -0.39 is 35.5 Å². The second kappa shape index (κ2) is 20.5. The molecule has 4 fully saturated rings. The predicted molar refractivity (Wildman–Crippen MR) is 227 cm³/mol. The molecule has 15 nitrogen and oxygen atoms in total. The first-order valence-electron chi connectivity index (χ1n) is 21.0. The van der Waals surface area contributed by atoms with E-state index in [4.69, 9.17) is 18.9 Å². The van der Waals surface area contributed by atoms with E-state index >= 15 is 0 Å². The molecule has 7 rings (SSSR count). The van der Waals surface area contributed by atoms with Gasteiger partial charge < -0.3 is 34.9 Å². The van der Waals surface area contributed by atoms with Crippen molar-refractivity contribution >= 4 is 36.1 Å². The monoisotopic (exact) mass is 838 g/mol. The zero-order chi connectivity index (χ0) is 43.3. The van der Waals surface area contributed by atoms with Crippen molar-refractivity contribution in [2.75, 3.05) is 13.1 Å². The lowest BCUT2D eigenvalue weighted by molar-refractivity contribution is -0.146. The first-order chi connectivity index (χ1) is 29.2. The van der Waals surface area contributed by atoms with Crippen LogP contribution in [-0.2, 0) is 48.4 Å². The van der Waals surface area contributed by atoms with Gasteiger partial charge in [0.2, 0.25) is 11.9 Å². The van der Waals surface area contributed by atoms with Gasteiger partial charge in [0, 0.05) is 17.6 Å². The Bertz CT molecular complexity index is 1920. The summed E-state index contributed by atoms with van der Waals surface area (Å²) in [6, 6.07) is 26.8. The van der Waals surface area contributed by atoms with Crippen LogP contribution in [0.15, 0.2) is 96.0 Å². The Morgan fingerprint density at radius 3 is 1.69 bits per heavy atom. The number of esters is 1. The number of aliphatic imine (C=N–C) groups is 1. The summed E-state index contributed by atoms with van der Waals surface area (Å²) in [5, 5.41) is 14.6. The molecular formula is C46H58N6O9. The van der Waals surface area contributed by atoms with Crippen molar-refractivity contribution in [2.45, 2.75) is 115 Å². The average molecular weight is 839 g/mol. The molecule has 4 saturated carbocycles. The zero-order valence-electron chi connectivity index (χ0n) is 35.2. The average Bonchev–Trinajstić information content (AvgIpc) is 3.21. The summed E-state index contributed by atoms with van der Waals surface area (Å²) in [5.74, 6) is -0.132. The number of carbonyl (C=O) groups excluding carboxylic acids is 5. The number of amides is 4. The van der Waals surface area contributed by atoms with Crippen LogP contribution in [0.4, 0.5) is 14.4 Å². The van der Waals surface area contributed by atoms with Gasteiger partial charge in [0.05, 0.1) is 6.54 Å². The maximum absolute atomic E-state index is 14.3. The summed E-state index contributed by atoms with van der Waals surface area (Å²) < 4.78 is 21.8. The summed E-state index contributed by atoms with van der Waals surface area (Å²) in [7, 11) is 0. The third-order valence-electron chi connectivity index (χ3n) is 11.1. The van der Waals surface area contributed by atoms with Crippen LogP contribution < -0.4 is 26.6 Å². The summed E-state index contributed by atoms with van der Waals surface area (Å²) >= 11 is 0. The van der Waals surface area contributed by atoms with Crippen LogP contribution in [0.25, 0.3) is 0 Å². The van der Waals surface area contributed by atoms with E-state index in [9.17, 15) is 24.0 Å². The highest BCUT2D eigenvalue weighted by atomic mass is 16.6. The summed E-state index contributed by atoms with van der Waals surface area (Å²) in [6.07, 6.45) is 3.17. The Morgan fingerprint density at radius 2 is 1.18 bits per heavy atom. The van der Waals surface area contributed by atoms with Gasteiger partial charge in [0.1, 0.15) is 31.5 Å². The molecule has 0 aliphatic heterocycles. The minimum Gasteiger partial charge on any atom is -0.460 e. The standard InChI is InChI=1S/C46H58N6O9/c1-44(2,3)61-43(57)49-37(20-13-21-47-40(50-41(55)59-29-33-16-9-5-10-17-33)51-42(56)60-30-34-18-11-6-12-19-34)39(54)52-46-25-35-22-36(26-46)24-45(23-35,31-46)48-27-38(53)58-28-32-14-7-4-8-15-32/h4-12,14-19,35-37,48H,13,20-31H2,1-3H3,(H,49,57)(H,52,54)(H2,47,50,51,55,56)/t35-,36+,37-,45?,46?/m0/s1. The zero-order valence-corrected chi connectivity index (χ0v) is 35.2. The molecule has 4 aliphatic rings. The first-order valence-corrected chi connectivity index (χ1v) is 21.0. The predicted octanol–water partition coefficient (Wildman–Crippen LogP) is 6.41. The van der Waals surface area contributed by atoms with E-state index in [2.05, 4.69) is 31.6 Å². The van der Waals surface area contributed by atoms with E-state index in [0.717, 1.165) is 48.8 Å². The Hall–Kier alpha value is -5.96. The van der Waals surface area contributed by atoms with Gasteiger partial charge in [0.25, 0.3) is 0 Å². The molecule has 4 aliphatic carbocycles. The lowest BCUT2D eigenvalue weighted by Crippen LogP contribution is -2.70. The summed E-state index contributed by atoms with van der Waals surface area (Å²) in [4.78, 5) is 70.1. The van der Waals surface area contributed by atoms with Crippen LogP contribution in [0.5, 0.6) is 0 Å². The number of ether oxygens (including phenoxy) is 4. The Kier molecular flexibility index (Phi) is 15.0. The van der Waals surface area contributed by atoms with Gasteiger partial charge in [-0.05, 0) is 101 Å². The van der Waals surface area contributed by atoms with Gasteiger partial charge in [-0.15, -0.1) is 0 Å². The molecule has 4 amide bonds. The van der Waals surface area contributed by atoms with Gasteiger partial charge in [-0.25, -0.2) is 14.4 Å². The molecule has 0 spiro atoms. The quantitative estimate of drug-likeness (QED) is 0.0354. The van der Waals surface area contributed by atoms with Crippen LogP contribution in [0.3, 0.4) is 0 Å². The number of guanidine groups is 1. The summed E-state index contributed by atoms with van der Waals surface area (Å²) in [6.45, 7) is 5.54. The molecule has 326 valence electrons. The highest BCUT2D eigenvalue weighted by Crippen LogP contribution is 2.57. The fourth-order valence-corrected chi connectivity index (χ4v) is 9.04. The molecule has 61 heavy (non-hydrogen) atoms. The van der Waals surface area contributed by atoms with Gasteiger partial charge in [-0.2, -0.15) is 0 Å². The van der Waals surface area contributed by atoms with Gasteiger partial charge in [0.15, 0.2) is 0 Å². The van der Waals surface area contributed by atoms with Crippen molar-refractivity contribution < 1.29 is 42.9 Å². The maximum atomic E-state index is 14.3. The molecular weight excluding hydrogens is 781 g/mol. The lowest BCUT2D eigenvalue weighted by atomic mass is 9.50. The Balaban J connectivity index is 1.09. The largest absolute Gasteiger partial charge is 0.460 e. The molecule has 3 aromatic rings. The molecule has 0 aromatic heterocycles. The second-order valence-corrected chi connectivity index (χ2v) is 17.5. The lowest BCUT2D eigenvalue weighted by Gasteiger charge is -2.62. The fraction of sp³-hybridized carbons (Fsp3) is 0.478. The van der Waals surface area contributed by atoms with E-state index in [0.29, 0.717) is 18.3 Å². The van der Waals surface area contributed by atoms with E-state index in [-0.39, 0.29) is 69.1 Å². The first kappa shape index (κ1) is 44.6. The SMILES string of the molecule is CC(C)(C)OC(=O)N[C@@H](CCCN=C(NC(=O)OCc1ccccc1)NC(=O)OCc1ccccc1)C(=O)NC12C[C@@H]3C[C@@H](CC(NCC(=O)OCc4ccccc4)(C3)C1)C2. The number of alkyl carbamates (subject to hydrolysis) is 3. The molecule has 5 N–H and O–H groups in total. The minimum absolute atomic E-state index is 0.00695. The number of rotatable bonds is 16. The van der Waals surface area contributed by atoms with Crippen LogP contribution in [0.2, 0.25) is 0 Å². The number of carbonyl (C=O) groups is 5. The molecule has 3 aromatic carbocycles. The number of hydrogen-bond donors (Lipinski definition) is 5. The number of hydrogen-bond acceptors (Lipinski definition) is 11. The van der Waals surface area contributed by atoms with Crippen molar-refractivity contribution in [2.24, 2.45) is 16.8 Å². The third-order valence-corrected chi connectivity index (χ3v) is 11.1. The van der Waals surface area contributed by atoms with E-state index in [1.165, 1.54) is 0 Å². The normalized spacial score (nSPS) is 21.6. The summed E-state index contributed by atoms with van der Waals surface area (Å²) in [5.41, 5.74) is 0.814. The molecule has 0 heterocycles. The van der Waals surface area contributed by atoms with Gasteiger partial charge in [-0.3, -0.25) is 25.2 Å². The van der Waals surface area contributed by atoms with Crippen molar-refractivity contribution in [1.82, 2.24) is 26.6 Å². The fourth-order valence-electron chi connectivity index (χ4n) is 9.04. The highest BCUT2D eigenvalue weighted by Gasteiger charge is 2.58. The van der Waals surface area contributed by atoms with Crippen LogP contribution in [0, 0.1) is 11.8 Å². The van der Waals surface area contributed by atoms with Crippen molar-refractivity contribution in [3.8, 4) is 0 Å². The van der Waals surface area contributed by atoms with Crippen LogP contribution in [-0.4, -0.2) is 71.9 Å². The van der Waals surface area contributed by atoms with Crippen molar-refractivity contribution in [3.05, 3.63) is 108 Å². The van der Waals surface area contributed by atoms with Crippen LogP contribution >= 0.6 is 0 Å². The number of nitrogens with one attached hydrogen (secondary N) is 5. The van der Waals surface area contributed by atoms with E-state index in [1.54, 1.807) is 20.8 Å². The third kappa shape index (κ3) is 14.1. The highest BCUT2D eigenvalue weighted by molar-refractivity contribution is 6.01. The Morgan fingerprint density at radius 1 is 0.689 bits per heavy atom. The van der Waals surface area contributed by atoms with E-state index in [1.807, 2.05) is 91.0 Å². The van der Waals surface area contributed by atoms with Crippen molar-refractivity contribution in [3.63, 3.8) is 0 Å². The molecule has 0 saturated heterocycles. The van der Waals surface area contributed by atoms with Crippen molar-refractivity contribution in [1.29, 1.82) is 0 Å². The van der Waals surface area contributed by atoms with Gasteiger partial charge >= 0.3 is 24.2 Å².